The van der Waals surface area contributed by atoms with Gasteiger partial charge in [0.05, 0.1) is 12.9 Å². The molecule has 2 aromatic carbocycles. The van der Waals surface area contributed by atoms with Gasteiger partial charge in [-0.3, -0.25) is 4.57 Å². The van der Waals surface area contributed by atoms with Crippen LogP contribution in [0.3, 0.4) is 0 Å². The van der Waals surface area contributed by atoms with Crippen LogP contribution in [0, 0.1) is 0 Å². The number of ether oxygens (including phenoxy) is 1. The Hall–Kier alpha value is -3.92. The summed E-state index contributed by atoms with van der Waals surface area (Å²) in [4.78, 5) is 12.7. The first-order chi connectivity index (χ1) is 17.2. The van der Waals surface area contributed by atoms with Crippen molar-refractivity contribution in [1.29, 1.82) is 0 Å². The molecule has 2 N–H and O–H groups in total. The molecule has 0 radical (unpaired) electrons. The Morgan fingerprint density at radius 1 is 0.971 bits per heavy atom. The number of hydrogen-bond acceptors (Lipinski definition) is 8. The van der Waals surface area contributed by atoms with Crippen molar-refractivity contribution in [3.8, 4) is 11.4 Å². The highest BCUT2D eigenvalue weighted by Gasteiger charge is 2.15. The summed E-state index contributed by atoms with van der Waals surface area (Å²) >= 11 is 1.69. The van der Waals surface area contributed by atoms with Crippen molar-refractivity contribution in [3.63, 3.8) is 0 Å². The van der Waals surface area contributed by atoms with Gasteiger partial charge in [0.2, 0.25) is 0 Å². The van der Waals surface area contributed by atoms with Crippen molar-refractivity contribution in [3.05, 3.63) is 78.6 Å². The van der Waals surface area contributed by atoms with Gasteiger partial charge in [-0.05, 0) is 43.2 Å². The topological polar surface area (TPSA) is 110 Å². The summed E-state index contributed by atoms with van der Waals surface area (Å²) in [5.74, 6) is 3.01. The zero-order valence-electron chi connectivity index (χ0n) is 19.4. The predicted octanol–water partition coefficient (Wildman–Crippen LogP) is 4.16. The van der Waals surface area contributed by atoms with Crippen LogP contribution in [0.5, 0.6) is 5.75 Å². The molecule has 0 aliphatic carbocycles. The molecule has 9 nitrogen and oxygen atoms in total. The summed E-state index contributed by atoms with van der Waals surface area (Å²) in [6, 6.07) is 18.4. The molecule has 10 heteroatoms. The number of aromatic nitrogens is 7. The van der Waals surface area contributed by atoms with Crippen molar-refractivity contribution in [1.82, 2.24) is 34.3 Å². The fraction of sp³-hybridized carbons (Fsp3) is 0.240. The van der Waals surface area contributed by atoms with Gasteiger partial charge in [-0.15, -0.1) is 10.2 Å². The normalized spacial score (nSPS) is 11.2. The van der Waals surface area contributed by atoms with E-state index in [0.717, 1.165) is 46.8 Å². The number of anilines is 1. The van der Waals surface area contributed by atoms with Crippen molar-refractivity contribution in [2.75, 3.05) is 18.1 Å². The van der Waals surface area contributed by atoms with Crippen LogP contribution < -0.4 is 10.5 Å². The Morgan fingerprint density at radius 2 is 1.80 bits per heavy atom. The Balaban J connectivity index is 1.33. The maximum atomic E-state index is 5.90. The Morgan fingerprint density at radius 3 is 2.60 bits per heavy atom. The molecule has 0 bridgehead atoms. The zero-order valence-corrected chi connectivity index (χ0v) is 20.2. The van der Waals surface area contributed by atoms with Gasteiger partial charge in [0, 0.05) is 24.4 Å². The van der Waals surface area contributed by atoms with E-state index >= 15 is 0 Å². The fourth-order valence-electron chi connectivity index (χ4n) is 3.86. The van der Waals surface area contributed by atoms with E-state index in [9.17, 15) is 0 Å². The molecule has 5 rings (SSSR count). The SMILES string of the molecule is CCOc1ccc(-n2c(Cc3ccccc3)nnc2SCCCn2cnc3c(N)ncnc32)cc1. The minimum absolute atomic E-state index is 0.400. The zero-order chi connectivity index (χ0) is 24.0. The number of nitrogens with two attached hydrogens (primary N) is 1. The van der Waals surface area contributed by atoms with Gasteiger partial charge in [0.15, 0.2) is 16.6 Å². The van der Waals surface area contributed by atoms with Gasteiger partial charge < -0.3 is 15.0 Å². The number of fused-ring (bicyclic) bond motifs is 1. The molecule has 0 saturated heterocycles. The minimum Gasteiger partial charge on any atom is -0.494 e. The van der Waals surface area contributed by atoms with E-state index in [-0.39, 0.29) is 0 Å². The number of aryl methyl sites for hydroxylation is 1. The van der Waals surface area contributed by atoms with Gasteiger partial charge in [0.1, 0.15) is 23.4 Å². The molecule has 0 atom stereocenters. The largest absolute Gasteiger partial charge is 0.494 e. The fourth-order valence-corrected chi connectivity index (χ4v) is 4.76. The molecule has 3 heterocycles. The lowest BCUT2D eigenvalue weighted by Gasteiger charge is -2.12. The van der Waals surface area contributed by atoms with E-state index in [1.807, 2.05) is 41.8 Å². The van der Waals surface area contributed by atoms with Crippen LogP contribution in [-0.4, -0.2) is 46.6 Å². The van der Waals surface area contributed by atoms with Crippen LogP contribution in [0.25, 0.3) is 16.9 Å². The number of nitrogen functional groups attached to an aromatic ring is 1. The highest BCUT2D eigenvalue weighted by atomic mass is 32.2. The van der Waals surface area contributed by atoms with Crippen LogP contribution in [0.2, 0.25) is 0 Å². The molecule has 5 aromatic rings. The number of hydrogen-bond donors (Lipinski definition) is 1. The lowest BCUT2D eigenvalue weighted by Crippen LogP contribution is -2.05. The van der Waals surface area contributed by atoms with Crippen molar-refractivity contribution >= 4 is 28.7 Å². The maximum absolute atomic E-state index is 5.90. The molecule has 0 aliphatic rings. The second-order valence-corrected chi connectivity index (χ2v) is 8.96. The Bertz CT molecular complexity index is 1400. The smallest absolute Gasteiger partial charge is 0.195 e. The average Bonchev–Trinajstić information content (AvgIpc) is 3.48. The highest BCUT2D eigenvalue weighted by molar-refractivity contribution is 7.99. The second kappa shape index (κ2) is 10.6. The van der Waals surface area contributed by atoms with Crippen LogP contribution in [0.15, 0.2) is 72.4 Å². The number of nitrogens with zero attached hydrogens (tertiary/aromatic N) is 7. The summed E-state index contributed by atoms with van der Waals surface area (Å²) in [6.45, 7) is 3.39. The summed E-state index contributed by atoms with van der Waals surface area (Å²) in [5, 5.41) is 9.94. The molecule has 0 aliphatic heterocycles. The molecule has 0 fully saturated rings. The van der Waals surface area contributed by atoms with E-state index in [4.69, 9.17) is 10.5 Å². The second-order valence-electron chi connectivity index (χ2n) is 7.89. The molecule has 0 saturated carbocycles. The van der Waals surface area contributed by atoms with Crippen LogP contribution >= 0.6 is 11.8 Å². The third-order valence-electron chi connectivity index (χ3n) is 5.52. The average molecular weight is 487 g/mol. The molecule has 0 unspecified atom stereocenters. The van der Waals surface area contributed by atoms with Gasteiger partial charge in [-0.25, -0.2) is 15.0 Å². The first-order valence-corrected chi connectivity index (χ1v) is 12.5. The minimum atomic E-state index is 0.400. The van der Waals surface area contributed by atoms with Crippen LogP contribution in [0.1, 0.15) is 24.7 Å². The van der Waals surface area contributed by atoms with Crippen molar-refractivity contribution in [2.45, 2.75) is 31.5 Å². The molecular weight excluding hydrogens is 460 g/mol. The molecule has 0 amide bonds. The number of thioether (sulfide) groups is 1. The van der Waals surface area contributed by atoms with Gasteiger partial charge in [0.25, 0.3) is 0 Å². The van der Waals surface area contributed by atoms with E-state index in [0.29, 0.717) is 24.4 Å². The molecule has 0 spiro atoms. The molecule has 35 heavy (non-hydrogen) atoms. The molecule has 3 aromatic heterocycles. The van der Waals surface area contributed by atoms with Crippen LogP contribution in [0.4, 0.5) is 5.82 Å². The Labute approximate surface area is 207 Å². The number of imidazole rings is 1. The summed E-state index contributed by atoms with van der Waals surface area (Å²) in [6.07, 6.45) is 4.84. The van der Waals surface area contributed by atoms with Gasteiger partial charge in [-0.2, -0.15) is 0 Å². The molecular formula is C25H26N8OS. The van der Waals surface area contributed by atoms with E-state index in [2.05, 4.69) is 54.0 Å². The standard InChI is InChI=1S/C25H26N8OS/c1-2-34-20-11-9-19(10-12-20)33-21(15-18-7-4-3-5-8-18)30-31-25(33)35-14-6-13-32-17-29-22-23(26)27-16-28-24(22)32/h3-5,7-12,16-17H,2,6,13-15H2,1H3,(H2,26,27,28). The van der Waals surface area contributed by atoms with Crippen LogP contribution in [-0.2, 0) is 13.0 Å². The highest BCUT2D eigenvalue weighted by Crippen LogP contribution is 2.26. The molecule has 178 valence electrons. The summed E-state index contributed by atoms with van der Waals surface area (Å²) < 4.78 is 9.76. The van der Waals surface area contributed by atoms with E-state index < -0.39 is 0 Å². The number of rotatable bonds is 10. The third kappa shape index (κ3) is 5.12. The lowest BCUT2D eigenvalue weighted by atomic mass is 10.1. The van der Waals surface area contributed by atoms with Gasteiger partial charge in [-0.1, -0.05) is 42.1 Å². The summed E-state index contributed by atoms with van der Waals surface area (Å²) in [5.41, 5.74) is 9.50. The van der Waals surface area contributed by atoms with E-state index in [1.165, 1.54) is 11.9 Å². The lowest BCUT2D eigenvalue weighted by molar-refractivity contribution is 0.340. The first kappa shape index (κ1) is 22.9. The van der Waals surface area contributed by atoms with E-state index in [1.54, 1.807) is 18.1 Å². The quantitative estimate of drug-likeness (QED) is 0.231. The Kier molecular flexibility index (Phi) is 6.89. The summed E-state index contributed by atoms with van der Waals surface area (Å²) in [7, 11) is 0. The van der Waals surface area contributed by atoms with Crippen molar-refractivity contribution in [2.24, 2.45) is 0 Å². The third-order valence-corrected chi connectivity index (χ3v) is 6.53. The maximum Gasteiger partial charge on any atom is 0.195 e. The first-order valence-electron chi connectivity index (χ1n) is 11.5. The van der Waals surface area contributed by atoms with Gasteiger partial charge >= 0.3 is 0 Å². The monoisotopic (exact) mass is 486 g/mol. The predicted molar refractivity (Wildman–Crippen MR) is 137 cm³/mol. The van der Waals surface area contributed by atoms with Crippen molar-refractivity contribution < 1.29 is 4.74 Å². The number of benzene rings is 2.